The van der Waals surface area contributed by atoms with Crippen molar-refractivity contribution in [3.05, 3.63) is 0 Å². The monoisotopic (exact) mass is 276 g/mol. The van der Waals surface area contributed by atoms with E-state index >= 15 is 0 Å². The Morgan fingerprint density at radius 3 is 1.46 bits per heavy atom. The fourth-order valence-electron chi connectivity index (χ4n) is 0.748. The molecule has 13 heavy (non-hydrogen) atoms. The van der Waals surface area contributed by atoms with Gasteiger partial charge in [-0.3, -0.25) is 0 Å². The van der Waals surface area contributed by atoms with Gasteiger partial charge in [0.05, 0.1) is 0 Å². The largest absolute Gasteiger partial charge is 0.344 e. The van der Waals surface area contributed by atoms with Gasteiger partial charge in [-0.1, -0.05) is 32.6 Å². The summed E-state index contributed by atoms with van der Waals surface area (Å²) in [5.74, 6) is 0. The number of hydrogen-bond acceptors (Lipinski definition) is 2. The molecule has 0 atom stereocenters. The van der Waals surface area contributed by atoms with Crippen LogP contribution in [-0.2, 0) is 0 Å². The Morgan fingerprint density at radius 2 is 1.15 bits per heavy atom. The lowest BCUT2D eigenvalue weighted by molar-refractivity contribution is 0.638. The van der Waals surface area contributed by atoms with E-state index in [4.69, 9.17) is 5.73 Å². The van der Waals surface area contributed by atoms with Crippen molar-refractivity contribution in [1.82, 2.24) is 6.15 Å². The first-order valence-electron chi connectivity index (χ1n) is 3.62. The molecule has 0 saturated heterocycles. The Hall–Kier alpha value is 1.08. The van der Waals surface area contributed by atoms with Crippen molar-refractivity contribution >= 4 is 49.6 Å². The predicted octanol–water partition coefficient (Wildman–Crippen LogP) is 3.76. The normalized spacial score (nSPS) is 6.00. The Morgan fingerprint density at radius 1 is 0.769 bits per heavy atom. The molecule has 0 rings (SSSR count). The van der Waals surface area contributed by atoms with Crippen LogP contribution >= 0.6 is 49.6 Å². The first-order valence-corrected chi connectivity index (χ1v) is 3.62. The highest BCUT2D eigenvalue weighted by atomic mass is 35.5. The Bertz CT molecular complexity index is 43.5. The van der Waals surface area contributed by atoms with E-state index in [0.717, 1.165) is 6.54 Å². The molecule has 90 valence electrons. The van der Waals surface area contributed by atoms with Gasteiger partial charge >= 0.3 is 0 Å². The maximum Gasteiger partial charge on any atom is -0.00773 e. The molecule has 0 aromatic heterocycles. The van der Waals surface area contributed by atoms with Crippen molar-refractivity contribution in [1.29, 1.82) is 0 Å². The van der Waals surface area contributed by atoms with E-state index in [1.165, 1.54) is 32.1 Å². The molecule has 0 unspecified atom stereocenters. The van der Waals surface area contributed by atoms with Crippen molar-refractivity contribution in [2.24, 2.45) is 5.73 Å². The maximum atomic E-state index is 5.31. The van der Waals surface area contributed by atoms with Gasteiger partial charge in [0.2, 0.25) is 0 Å². The van der Waals surface area contributed by atoms with Gasteiger partial charge in [0.1, 0.15) is 0 Å². The quantitative estimate of drug-likeness (QED) is 0.752. The average molecular weight is 278 g/mol. The maximum absolute atomic E-state index is 5.31. The van der Waals surface area contributed by atoms with Crippen LogP contribution in [0.2, 0.25) is 0 Å². The van der Waals surface area contributed by atoms with Crippen LogP contribution in [0.4, 0.5) is 0 Å². The molecule has 0 radical (unpaired) electrons. The molecule has 0 aromatic rings. The fraction of sp³-hybridized carbons (Fsp3) is 1.00. The third kappa shape index (κ3) is 43.4. The Labute approximate surface area is 107 Å². The average Bonchev–Trinajstić information content (AvgIpc) is 1.81. The van der Waals surface area contributed by atoms with E-state index in [2.05, 4.69) is 6.92 Å². The highest BCUT2D eigenvalue weighted by molar-refractivity contribution is 5.86. The summed E-state index contributed by atoms with van der Waals surface area (Å²) < 4.78 is 0. The molecular weight excluding hydrogens is 254 g/mol. The zero-order valence-corrected chi connectivity index (χ0v) is 11.4. The van der Waals surface area contributed by atoms with E-state index in [1.807, 2.05) is 0 Å². The summed E-state index contributed by atoms with van der Waals surface area (Å²) in [6.45, 7) is 3.09. The number of halogens is 4. The van der Waals surface area contributed by atoms with E-state index in [9.17, 15) is 0 Å². The highest BCUT2D eigenvalue weighted by Crippen LogP contribution is 2.00. The smallest absolute Gasteiger partial charge is 0.00773 e. The molecule has 0 aliphatic carbocycles. The van der Waals surface area contributed by atoms with Crippen LogP contribution in [0.25, 0.3) is 0 Å². The summed E-state index contributed by atoms with van der Waals surface area (Å²) in [6, 6.07) is 0. The molecule has 0 fully saturated rings. The zero-order chi connectivity index (χ0) is 6.24. The van der Waals surface area contributed by atoms with Gasteiger partial charge in [-0.15, -0.1) is 49.6 Å². The van der Waals surface area contributed by atoms with Crippen LogP contribution in [-0.4, -0.2) is 6.54 Å². The molecular formula is C7H24Cl4N2. The van der Waals surface area contributed by atoms with E-state index in [1.54, 1.807) is 0 Å². The minimum atomic E-state index is 0. The standard InChI is InChI=1S/C7H17N.4ClH.H3N/c1-2-3-4-5-6-7-8;;;;;/h2-8H2,1H3;4*1H;1H3. The molecule has 0 aromatic carbocycles. The molecule has 0 saturated carbocycles. The first-order chi connectivity index (χ1) is 3.91. The molecule has 0 aliphatic rings. The highest BCUT2D eigenvalue weighted by Gasteiger charge is 1.83. The SMILES string of the molecule is CCCCCCCN.Cl.Cl.Cl.Cl.N. The second kappa shape index (κ2) is 38.1. The van der Waals surface area contributed by atoms with Crippen LogP contribution < -0.4 is 11.9 Å². The van der Waals surface area contributed by atoms with Crippen molar-refractivity contribution < 1.29 is 0 Å². The second-order valence-corrected chi connectivity index (χ2v) is 2.20. The number of nitrogens with two attached hydrogens (primary N) is 1. The Balaban J connectivity index is -0.0000000245. The lowest BCUT2D eigenvalue weighted by Gasteiger charge is -1.93. The third-order valence-electron chi connectivity index (χ3n) is 1.31. The van der Waals surface area contributed by atoms with Gasteiger partial charge in [-0.2, -0.15) is 0 Å². The van der Waals surface area contributed by atoms with Crippen molar-refractivity contribution in [2.75, 3.05) is 6.54 Å². The van der Waals surface area contributed by atoms with E-state index < -0.39 is 0 Å². The zero-order valence-electron chi connectivity index (χ0n) is 8.16. The minimum absolute atomic E-state index is 0. The number of hydrogen-bond donors (Lipinski definition) is 2. The van der Waals surface area contributed by atoms with Gasteiger partial charge in [0.25, 0.3) is 0 Å². The molecule has 0 heterocycles. The van der Waals surface area contributed by atoms with E-state index in [-0.39, 0.29) is 55.8 Å². The van der Waals surface area contributed by atoms with Crippen molar-refractivity contribution in [3.8, 4) is 0 Å². The topological polar surface area (TPSA) is 61.0 Å². The lowest BCUT2D eigenvalue weighted by atomic mass is 10.2. The van der Waals surface area contributed by atoms with Gasteiger partial charge in [-0.05, 0) is 13.0 Å². The number of unbranched alkanes of at least 4 members (excludes halogenated alkanes) is 4. The van der Waals surface area contributed by atoms with Crippen LogP contribution in [0.1, 0.15) is 39.0 Å². The minimum Gasteiger partial charge on any atom is -0.344 e. The van der Waals surface area contributed by atoms with Crippen LogP contribution in [0, 0.1) is 0 Å². The summed E-state index contributed by atoms with van der Waals surface area (Å²) >= 11 is 0. The second-order valence-electron chi connectivity index (χ2n) is 2.20. The van der Waals surface area contributed by atoms with Crippen LogP contribution in [0.15, 0.2) is 0 Å². The molecule has 5 N–H and O–H groups in total. The van der Waals surface area contributed by atoms with Crippen LogP contribution in [0.3, 0.4) is 0 Å². The summed E-state index contributed by atoms with van der Waals surface area (Å²) in [7, 11) is 0. The molecule has 0 spiro atoms. The molecule has 0 amide bonds. The molecule has 0 aliphatic heterocycles. The van der Waals surface area contributed by atoms with E-state index in [0.29, 0.717) is 0 Å². The molecule has 0 bridgehead atoms. The van der Waals surface area contributed by atoms with Gasteiger partial charge < -0.3 is 11.9 Å². The summed E-state index contributed by atoms with van der Waals surface area (Å²) in [5, 5.41) is 0. The third-order valence-corrected chi connectivity index (χ3v) is 1.31. The summed E-state index contributed by atoms with van der Waals surface area (Å²) in [4.78, 5) is 0. The van der Waals surface area contributed by atoms with Crippen molar-refractivity contribution in [3.63, 3.8) is 0 Å². The van der Waals surface area contributed by atoms with Gasteiger partial charge in [0, 0.05) is 0 Å². The van der Waals surface area contributed by atoms with Crippen LogP contribution in [0.5, 0.6) is 0 Å². The van der Waals surface area contributed by atoms with Gasteiger partial charge in [-0.25, -0.2) is 0 Å². The first kappa shape index (κ1) is 36.9. The summed E-state index contributed by atoms with van der Waals surface area (Å²) in [6.07, 6.45) is 6.60. The molecule has 2 nitrogen and oxygen atoms in total. The fourth-order valence-corrected chi connectivity index (χ4v) is 0.748. The lowest BCUT2D eigenvalue weighted by Crippen LogP contribution is -1.97. The Kier molecular flexibility index (Phi) is 108. The van der Waals surface area contributed by atoms with Crippen molar-refractivity contribution in [2.45, 2.75) is 39.0 Å². The summed E-state index contributed by atoms with van der Waals surface area (Å²) in [5.41, 5.74) is 5.31. The number of rotatable bonds is 5. The predicted molar refractivity (Wildman–Crippen MR) is 71.8 cm³/mol. The molecule has 6 heteroatoms. The van der Waals surface area contributed by atoms with Gasteiger partial charge in [0.15, 0.2) is 0 Å².